The maximum atomic E-state index is 11.9. The molecule has 120 valence electrons. The third-order valence-corrected chi connectivity index (χ3v) is 5.72. The van der Waals surface area contributed by atoms with Crippen LogP contribution >= 0.6 is 0 Å². The molecule has 2 fully saturated rings. The Kier molecular flexibility index (Phi) is 2.69. The van der Waals surface area contributed by atoms with Crippen LogP contribution in [0.15, 0.2) is 57.2 Å². The average Bonchev–Trinajstić information content (AvgIpc) is 3.16. The third kappa shape index (κ3) is 1.76. The summed E-state index contributed by atoms with van der Waals surface area (Å²) in [6, 6.07) is 0. The van der Waals surface area contributed by atoms with Crippen LogP contribution in [0.1, 0.15) is 51.2 Å². The first kappa shape index (κ1) is 13.3. The van der Waals surface area contributed by atoms with Gasteiger partial charge in [-0.05, 0) is 37.7 Å². The fourth-order valence-electron chi connectivity index (χ4n) is 4.64. The quantitative estimate of drug-likeness (QED) is 0.794. The van der Waals surface area contributed by atoms with E-state index in [-0.39, 0.29) is 17.4 Å². The summed E-state index contributed by atoms with van der Waals surface area (Å²) in [5.74, 6) is 0.773. The molecule has 0 aromatic carbocycles. The molecular formula is C18H20N2O3. The molecule has 0 bridgehead atoms. The van der Waals surface area contributed by atoms with Gasteiger partial charge in [0.15, 0.2) is 6.23 Å². The summed E-state index contributed by atoms with van der Waals surface area (Å²) in [6.45, 7) is 0. The molecule has 1 saturated heterocycles. The SMILES string of the molecule is O=c1occn1C1CC23CCCCC2=CN2C=CCCC2=C3O1. The number of allylic oxidation sites excluding steroid dienone is 3. The van der Waals surface area contributed by atoms with E-state index in [1.807, 2.05) is 0 Å². The van der Waals surface area contributed by atoms with Crippen molar-refractivity contribution in [3.8, 4) is 0 Å². The number of fused-ring (bicyclic) bond motifs is 1. The average molecular weight is 312 g/mol. The van der Waals surface area contributed by atoms with Gasteiger partial charge in [-0.15, -0.1) is 0 Å². The fraction of sp³-hybridized carbons (Fsp3) is 0.500. The molecule has 1 aromatic heterocycles. The first-order valence-corrected chi connectivity index (χ1v) is 8.50. The number of rotatable bonds is 1. The van der Waals surface area contributed by atoms with E-state index in [4.69, 9.17) is 9.15 Å². The molecule has 4 heterocycles. The molecule has 0 N–H and O–H groups in total. The highest BCUT2D eigenvalue weighted by molar-refractivity contribution is 5.40. The van der Waals surface area contributed by atoms with Crippen LogP contribution in [-0.4, -0.2) is 9.47 Å². The first-order chi connectivity index (χ1) is 11.3. The van der Waals surface area contributed by atoms with Gasteiger partial charge in [0.25, 0.3) is 0 Å². The molecule has 3 aliphatic heterocycles. The lowest BCUT2D eigenvalue weighted by Crippen LogP contribution is -2.34. The van der Waals surface area contributed by atoms with Gasteiger partial charge in [-0.3, -0.25) is 0 Å². The van der Waals surface area contributed by atoms with Crippen LogP contribution < -0.4 is 5.76 Å². The minimum Gasteiger partial charge on any atom is -0.471 e. The van der Waals surface area contributed by atoms with Crippen molar-refractivity contribution in [1.29, 1.82) is 0 Å². The zero-order valence-corrected chi connectivity index (χ0v) is 13.0. The predicted octanol–water partition coefficient (Wildman–Crippen LogP) is 3.64. The molecular weight excluding hydrogens is 292 g/mol. The van der Waals surface area contributed by atoms with Crippen molar-refractivity contribution in [2.75, 3.05) is 0 Å². The van der Waals surface area contributed by atoms with Crippen LogP contribution in [0.4, 0.5) is 0 Å². The lowest BCUT2D eigenvalue weighted by Gasteiger charge is -2.42. The summed E-state index contributed by atoms with van der Waals surface area (Å²) in [5.41, 5.74) is 2.74. The number of hydrogen-bond donors (Lipinski definition) is 0. The molecule has 0 amide bonds. The Morgan fingerprint density at radius 1 is 1.26 bits per heavy atom. The van der Waals surface area contributed by atoms with Crippen molar-refractivity contribution in [3.05, 3.63) is 58.5 Å². The van der Waals surface area contributed by atoms with Gasteiger partial charge in [-0.25, -0.2) is 9.36 Å². The molecule has 1 aromatic rings. The topological polar surface area (TPSA) is 47.6 Å². The second-order valence-electron chi connectivity index (χ2n) is 6.90. The molecule has 4 aliphatic rings. The van der Waals surface area contributed by atoms with Gasteiger partial charge < -0.3 is 14.1 Å². The number of aromatic nitrogens is 1. The Hall–Kier alpha value is -2.17. The van der Waals surface area contributed by atoms with E-state index in [1.54, 1.807) is 10.8 Å². The number of nitrogens with zero attached hydrogens (tertiary/aromatic N) is 2. The summed E-state index contributed by atoms with van der Waals surface area (Å²) in [6.07, 6.45) is 17.2. The summed E-state index contributed by atoms with van der Waals surface area (Å²) in [4.78, 5) is 14.2. The van der Waals surface area contributed by atoms with Crippen LogP contribution in [0.2, 0.25) is 0 Å². The van der Waals surface area contributed by atoms with E-state index >= 15 is 0 Å². The summed E-state index contributed by atoms with van der Waals surface area (Å²) < 4.78 is 12.9. The molecule has 1 saturated carbocycles. The monoisotopic (exact) mass is 312 g/mol. The van der Waals surface area contributed by atoms with E-state index in [0.29, 0.717) is 0 Å². The Morgan fingerprint density at radius 2 is 2.22 bits per heavy atom. The third-order valence-electron chi connectivity index (χ3n) is 5.72. The van der Waals surface area contributed by atoms with Gasteiger partial charge in [0.2, 0.25) is 0 Å². The molecule has 2 unspecified atom stereocenters. The minimum atomic E-state index is -0.336. The van der Waals surface area contributed by atoms with E-state index in [1.165, 1.54) is 30.4 Å². The maximum Gasteiger partial charge on any atom is 0.421 e. The molecule has 1 spiro atoms. The molecule has 23 heavy (non-hydrogen) atoms. The van der Waals surface area contributed by atoms with E-state index < -0.39 is 0 Å². The zero-order valence-electron chi connectivity index (χ0n) is 13.0. The minimum absolute atomic E-state index is 0.00333. The second-order valence-corrected chi connectivity index (χ2v) is 6.90. The highest BCUT2D eigenvalue weighted by atomic mass is 16.5. The maximum absolute atomic E-state index is 11.9. The fourth-order valence-corrected chi connectivity index (χ4v) is 4.64. The van der Waals surface area contributed by atoms with Crippen LogP contribution in [-0.2, 0) is 4.74 Å². The van der Waals surface area contributed by atoms with Crippen molar-refractivity contribution in [3.63, 3.8) is 0 Å². The van der Waals surface area contributed by atoms with E-state index in [9.17, 15) is 4.79 Å². The van der Waals surface area contributed by atoms with Crippen LogP contribution in [0.25, 0.3) is 0 Å². The molecule has 5 nitrogen and oxygen atoms in total. The molecule has 5 rings (SSSR count). The van der Waals surface area contributed by atoms with E-state index in [0.717, 1.165) is 37.9 Å². The molecule has 0 radical (unpaired) electrons. The highest BCUT2D eigenvalue weighted by Crippen LogP contribution is 2.60. The largest absolute Gasteiger partial charge is 0.471 e. The number of ether oxygens (including phenoxy) is 1. The van der Waals surface area contributed by atoms with Crippen molar-refractivity contribution in [1.82, 2.24) is 9.47 Å². The normalized spacial score (nSPS) is 32.1. The Morgan fingerprint density at radius 3 is 3.09 bits per heavy atom. The highest BCUT2D eigenvalue weighted by Gasteiger charge is 2.53. The van der Waals surface area contributed by atoms with E-state index in [2.05, 4.69) is 23.4 Å². The van der Waals surface area contributed by atoms with Crippen molar-refractivity contribution >= 4 is 0 Å². The summed E-state index contributed by atoms with van der Waals surface area (Å²) >= 11 is 0. The van der Waals surface area contributed by atoms with Crippen molar-refractivity contribution in [2.24, 2.45) is 5.41 Å². The Balaban J connectivity index is 1.65. The van der Waals surface area contributed by atoms with Gasteiger partial charge in [-0.1, -0.05) is 12.5 Å². The van der Waals surface area contributed by atoms with Gasteiger partial charge in [0.1, 0.15) is 12.0 Å². The van der Waals surface area contributed by atoms with Crippen molar-refractivity contribution < 1.29 is 9.15 Å². The van der Waals surface area contributed by atoms with Gasteiger partial charge in [-0.2, -0.15) is 0 Å². The predicted molar refractivity (Wildman–Crippen MR) is 83.9 cm³/mol. The van der Waals surface area contributed by atoms with Gasteiger partial charge >= 0.3 is 5.76 Å². The smallest absolute Gasteiger partial charge is 0.421 e. The van der Waals surface area contributed by atoms with Crippen LogP contribution in [0, 0.1) is 5.41 Å². The second kappa shape index (κ2) is 4.66. The standard InChI is InChI=1S/C18H20N2O3/c21-17-20(9-10-22-17)15-11-18-7-3-1-5-13(18)12-19-8-4-2-6-14(19)16(18)23-15/h4,8-10,12,15H,1-3,5-7,11H2. The molecule has 2 atom stereocenters. The Bertz CT molecular complexity index is 797. The van der Waals surface area contributed by atoms with Crippen LogP contribution in [0.3, 0.4) is 0 Å². The number of hydrogen-bond acceptors (Lipinski definition) is 4. The summed E-state index contributed by atoms with van der Waals surface area (Å²) in [5, 5.41) is 0. The Labute approximate surface area is 134 Å². The molecule has 5 heteroatoms. The lowest BCUT2D eigenvalue weighted by atomic mass is 9.66. The van der Waals surface area contributed by atoms with Crippen LogP contribution in [0.5, 0.6) is 0 Å². The zero-order chi connectivity index (χ0) is 15.4. The first-order valence-electron chi connectivity index (χ1n) is 8.50. The number of oxazole rings is 1. The summed E-state index contributed by atoms with van der Waals surface area (Å²) in [7, 11) is 0. The van der Waals surface area contributed by atoms with Crippen molar-refractivity contribution in [2.45, 2.75) is 51.2 Å². The van der Waals surface area contributed by atoms with Gasteiger partial charge in [0, 0.05) is 25.0 Å². The van der Waals surface area contributed by atoms with Gasteiger partial charge in [0.05, 0.1) is 11.1 Å². The molecule has 1 aliphatic carbocycles. The lowest BCUT2D eigenvalue weighted by molar-refractivity contribution is 0.0854.